The molecule has 0 radical (unpaired) electrons. The average Bonchev–Trinajstić information content (AvgIpc) is 3.10. The second-order valence-electron chi connectivity index (χ2n) is 5.44. The molecule has 1 aliphatic rings. The highest BCUT2D eigenvalue weighted by atomic mass is 16.1. The molecule has 1 aliphatic heterocycles. The predicted octanol–water partition coefficient (Wildman–Crippen LogP) is 0.576. The smallest absolute Gasteiger partial charge is 0.253 e. The maximum absolute atomic E-state index is 12.2. The van der Waals surface area contributed by atoms with Crippen molar-refractivity contribution in [3.05, 3.63) is 42.2 Å². The van der Waals surface area contributed by atoms with Crippen LogP contribution in [0.5, 0.6) is 0 Å². The minimum Gasteiger partial charge on any atom is -0.367 e. The van der Waals surface area contributed by atoms with Crippen LogP contribution in [0, 0.1) is 0 Å². The van der Waals surface area contributed by atoms with E-state index in [1.54, 1.807) is 24.8 Å². The van der Waals surface area contributed by atoms with Crippen LogP contribution in [0.3, 0.4) is 0 Å². The number of likely N-dealkylation sites (tertiary alicyclic amines) is 1. The van der Waals surface area contributed by atoms with Crippen molar-refractivity contribution in [1.29, 1.82) is 0 Å². The van der Waals surface area contributed by atoms with Gasteiger partial charge in [-0.05, 0) is 13.1 Å². The van der Waals surface area contributed by atoms with E-state index < -0.39 is 0 Å². The molecule has 20 heavy (non-hydrogen) atoms. The summed E-state index contributed by atoms with van der Waals surface area (Å²) in [5.41, 5.74) is 1.83. The molecule has 1 fully saturated rings. The molecule has 0 bridgehead atoms. The van der Waals surface area contributed by atoms with Crippen LogP contribution in [0.25, 0.3) is 0 Å². The lowest BCUT2D eigenvalue weighted by molar-refractivity contribution is 0.0935. The van der Waals surface area contributed by atoms with Gasteiger partial charge in [-0.1, -0.05) is 0 Å². The molecule has 6 nitrogen and oxygen atoms in total. The first-order valence-corrected chi connectivity index (χ1v) is 6.73. The SMILES string of the molecule is CN1C[C@@H](NC(=O)c2cc[nH]c2)[C@H](c2cncn2C)C1. The number of nitrogens with zero attached hydrogens (tertiary/aromatic N) is 3. The van der Waals surface area contributed by atoms with E-state index >= 15 is 0 Å². The van der Waals surface area contributed by atoms with Crippen LogP contribution >= 0.6 is 0 Å². The maximum Gasteiger partial charge on any atom is 0.253 e. The molecule has 1 amide bonds. The van der Waals surface area contributed by atoms with Crippen molar-refractivity contribution in [2.45, 2.75) is 12.0 Å². The maximum atomic E-state index is 12.2. The standard InChI is InChI=1S/C14H19N5O/c1-18-7-11(13-6-16-9-19(13)2)12(8-18)17-14(20)10-3-4-15-5-10/h3-6,9,11-12,15H,7-8H2,1-2H3,(H,17,20)/t11-,12-/m1/s1. The number of nitrogens with one attached hydrogen (secondary N) is 2. The number of carbonyl (C=O) groups is 1. The van der Waals surface area contributed by atoms with Gasteiger partial charge in [0.25, 0.3) is 5.91 Å². The number of likely N-dealkylation sites (N-methyl/N-ethyl adjacent to an activating group) is 1. The van der Waals surface area contributed by atoms with E-state index in [9.17, 15) is 4.79 Å². The van der Waals surface area contributed by atoms with Crippen molar-refractivity contribution in [3.63, 3.8) is 0 Å². The van der Waals surface area contributed by atoms with Crippen molar-refractivity contribution >= 4 is 5.91 Å². The Bertz CT molecular complexity index is 588. The summed E-state index contributed by atoms with van der Waals surface area (Å²) < 4.78 is 2.03. The summed E-state index contributed by atoms with van der Waals surface area (Å²) in [6.45, 7) is 1.78. The molecule has 2 aromatic heterocycles. The van der Waals surface area contributed by atoms with Crippen LogP contribution in [0.1, 0.15) is 22.0 Å². The van der Waals surface area contributed by atoms with Crippen LogP contribution in [-0.2, 0) is 7.05 Å². The normalized spacial score (nSPS) is 23.1. The van der Waals surface area contributed by atoms with Gasteiger partial charge < -0.3 is 19.8 Å². The number of rotatable bonds is 3. The van der Waals surface area contributed by atoms with Gasteiger partial charge in [0.1, 0.15) is 0 Å². The molecule has 0 spiro atoms. The van der Waals surface area contributed by atoms with E-state index in [1.807, 2.05) is 17.8 Å². The Labute approximate surface area is 117 Å². The Morgan fingerprint density at radius 1 is 1.45 bits per heavy atom. The van der Waals surface area contributed by atoms with Gasteiger partial charge in [0.05, 0.1) is 17.9 Å². The topological polar surface area (TPSA) is 66.0 Å². The number of hydrogen-bond acceptors (Lipinski definition) is 3. The highest BCUT2D eigenvalue weighted by molar-refractivity contribution is 5.94. The molecule has 0 aliphatic carbocycles. The first-order valence-electron chi connectivity index (χ1n) is 6.73. The van der Waals surface area contributed by atoms with Gasteiger partial charge in [-0.2, -0.15) is 0 Å². The third-order valence-electron chi connectivity index (χ3n) is 3.91. The third kappa shape index (κ3) is 2.34. The van der Waals surface area contributed by atoms with Crippen molar-refractivity contribution in [2.75, 3.05) is 20.1 Å². The molecule has 2 N–H and O–H groups in total. The summed E-state index contributed by atoms with van der Waals surface area (Å²) >= 11 is 0. The molecular formula is C14H19N5O. The lowest BCUT2D eigenvalue weighted by Crippen LogP contribution is -2.39. The Morgan fingerprint density at radius 3 is 2.95 bits per heavy atom. The largest absolute Gasteiger partial charge is 0.367 e. The number of H-pyrrole nitrogens is 1. The Morgan fingerprint density at radius 2 is 2.30 bits per heavy atom. The first kappa shape index (κ1) is 12.9. The van der Waals surface area contributed by atoms with Crippen molar-refractivity contribution in [1.82, 2.24) is 24.8 Å². The van der Waals surface area contributed by atoms with E-state index in [-0.39, 0.29) is 17.9 Å². The fraction of sp³-hybridized carbons (Fsp3) is 0.429. The van der Waals surface area contributed by atoms with Crippen molar-refractivity contribution in [3.8, 4) is 0 Å². The summed E-state index contributed by atoms with van der Waals surface area (Å²) in [4.78, 5) is 21.5. The first-order chi connectivity index (χ1) is 9.65. The number of aromatic amines is 1. The van der Waals surface area contributed by atoms with Gasteiger partial charge in [0, 0.05) is 50.3 Å². The van der Waals surface area contributed by atoms with Crippen molar-refractivity contribution < 1.29 is 4.79 Å². The number of aryl methyl sites for hydroxylation is 1. The number of amides is 1. The van der Waals surface area contributed by atoms with E-state index in [0.717, 1.165) is 18.8 Å². The van der Waals surface area contributed by atoms with E-state index in [1.165, 1.54) is 0 Å². The predicted molar refractivity (Wildman–Crippen MR) is 75.5 cm³/mol. The van der Waals surface area contributed by atoms with Gasteiger partial charge in [0.2, 0.25) is 0 Å². The molecule has 0 aromatic carbocycles. The van der Waals surface area contributed by atoms with E-state index in [0.29, 0.717) is 5.56 Å². The molecule has 3 rings (SSSR count). The van der Waals surface area contributed by atoms with Crippen LogP contribution in [0.4, 0.5) is 0 Å². The van der Waals surface area contributed by atoms with Crippen LogP contribution < -0.4 is 5.32 Å². The molecule has 106 valence electrons. The minimum atomic E-state index is -0.0290. The number of aromatic nitrogens is 3. The molecule has 1 saturated heterocycles. The van der Waals surface area contributed by atoms with Gasteiger partial charge in [0.15, 0.2) is 0 Å². The molecule has 2 atom stereocenters. The fourth-order valence-electron chi connectivity index (χ4n) is 2.89. The second kappa shape index (κ2) is 5.13. The molecule has 0 unspecified atom stereocenters. The summed E-state index contributed by atoms with van der Waals surface area (Å²) in [6.07, 6.45) is 7.17. The lowest BCUT2D eigenvalue weighted by atomic mass is 10.00. The zero-order valence-corrected chi connectivity index (χ0v) is 11.7. The summed E-state index contributed by atoms with van der Waals surface area (Å²) in [6, 6.07) is 1.89. The van der Waals surface area contributed by atoms with Crippen LogP contribution in [0.2, 0.25) is 0 Å². The monoisotopic (exact) mass is 273 g/mol. The van der Waals surface area contributed by atoms with Gasteiger partial charge in [-0.15, -0.1) is 0 Å². The second-order valence-corrected chi connectivity index (χ2v) is 5.44. The fourth-order valence-corrected chi connectivity index (χ4v) is 2.89. The number of imidazole rings is 1. The Kier molecular flexibility index (Phi) is 3.31. The van der Waals surface area contributed by atoms with Gasteiger partial charge in [-0.3, -0.25) is 4.79 Å². The lowest BCUT2D eigenvalue weighted by Gasteiger charge is -2.20. The van der Waals surface area contributed by atoms with Crippen molar-refractivity contribution in [2.24, 2.45) is 7.05 Å². The molecule has 2 aromatic rings. The molecule has 3 heterocycles. The molecule has 0 saturated carbocycles. The summed E-state index contributed by atoms with van der Waals surface area (Å²) in [5, 5.41) is 3.14. The average molecular weight is 273 g/mol. The zero-order valence-electron chi connectivity index (χ0n) is 11.7. The molecular weight excluding hydrogens is 254 g/mol. The number of hydrogen-bond donors (Lipinski definition) is 2. The zero-order chi connectivity index (χ0) is 14.1. The summed E-state index contributed by atoms with van der Waals surface area (Å²) in [5.74, 6) is 0.245. The van der Waals surface area contributed by atoms with Crippen LogP contribution in [-0.4, -0.2) is 51.5 Å². The highest BCUT2D eigenvalue weighted by Gasteiger charge is 2.34. The third-order valence-corrected chi connectivity index (χ3v) is 3.91. The van der Waals surface area contributed by atoms with E-state index in [2.05, 4.69) is 27.2 Å². The Balaban J connectivity index is 1.77. The van der Waals surface area contributed by atoms with Gasteiger partial charge >= 0.3 is 0 Å². The quantitative estimate of drug-likeness (QED) is 0.859. The highest BCUT2D eigenvalue weighted by Crippen LogP contribution is 2.26. The van der Waals surface area contributed by atoms with E-state index in [4.69, 9.17) is 0 Å². The van der Waals surface area contributed by atoms with Gasteiger partial charge in [-0.25, -0.2) is 4.98 Å². The summed E-state index contributed by atoms with van der Waals surface area (Å²) in [7, 11) is 4.07. The molecule has 6 heteroatoms. The van der Waals surface area contributed by atoms with Crippen LogP contribution in [0.15, 0.2) is 31.0 Å². The Hall–Kier alpha value is -2.08. The minimum absolute atomic E-state index is 0.0290. The number of carbonyl (C=O) groups excluding carboxylic acids is 1.